The maximum absolute atomic E-state index is 11.2. The number of nitrogens with one attached hydrogen (secondary N) is 1. The fraction of sp³-hybridized carbons (Fsp3) is 0.308. The number of carbonyl (C=O) groups excluding carboxylic acids is 1. The van der Waals surface area contributed by atoms with E-state index in [-0.39, 0.29) is 5.97 Å². The molecule has 0 atom stereocenters. The molecule has 1 heterocycles. The number of methoxy groups -OCH3 is 1. The van der Waals surface area contributed by atoms with Gasteiger partial charge in [0, 0.05) is 16.6 Å². The first-order valence-corrected chi connectivity index (χ1v) is 5.26. The van der Waals surface area contributed by atoms with Gasteiger partial charge in [-0.05, 0) is 37.1 Å². The molecular weight excluding hydrogens is 202 g/mol. The zero-order valence-electron chi connectivity index (χ0n) is 9.76. The largest absolute Gasteiger partial charge is 0.469 e. The highest BCUT2D eigenvalue weighted by molar-refractivity contribution is 5.86. The van der Waals surface area contributed by atoms with Gasteiger partial charge in [-0.1, -0.05) is 6.07 Å². The number of benzene rings is 1. The quantitative estimate of drug-likeness (QED) is 0.785. The molecular formula is C13H15NO2. The summed E-state index contributed by atoms with van der Waals surface area (Å²) in [7, 11) is 1.41. The Kier molecular flexibility index (Phi) is 2.69. The molecule has 2 aromatic rings. The minimum Gasteiger partial charge on any atom is -0.469 e. The summed E-state index contributed by atoms with van der Waals surface area (Å²) in [6.45, 7) is 4.13. The molecule has 0 bridgehead atoms. The highest BCUT2D eigenvalue weighted by Gasteiger charge is 2.07. The van der Waals surface area contributed by atoms with E-state index >= 15 is 0 Å². The van der Waals surface area contributed by atoms with Gasteiger partial charge in [0.2, 0.25) is 0 Å². The molecule has 3 heteroatoms. The Bertz CT molecular complexity index is 540. The smallest absolute Gasteiger partial charge is 0.309 e. The van der Waals surface area contributed by atoms with Crippen molar-refractivity contribution in [2.45, 2.75) is 20.3 Å². The lowest BCUT2D eigenvalue weighted by molar-refractivity contribution is -0.139. The average molecular weight is 217 g/mol. The Balaban J connectivity index is 2.43. The number of aromatic amines is 1. The number of ether oxygens (including phenoxy) is 1. The van der Waals surface area contributed by atoms with Crippen LogP contribution >= 0.6 is 0 Å². The van der Waals surface area contributed by atoms with E-state index in [0.717, 1.165) is 11.1 Å². The SMILES string of the molecule is COC(=O)Cc1ccc2[nH]c(C)c(C)c2c1. The summed E-state index contributed by atoms with van der Waals surface area (Å²) in [5.41, 5.74) is 4.51. The van der Waals surface area contributed by atoms with Crippen LogP contribution in [0.3, 0.4) is 0 Å². The summed E-state index contributed by atoms with van der Waals surface area (Å²) in [4.78, 5) is 14.5. The van der Waals surface area contributed by atoms with Crippen molar-refractivity contribution in [3.63, 3.8) is 0 Å². The van der Waals surface area contributed by atoms with Gasteiger partial charge in [0.25, 0.3) is 0 Å². The fourth-order valence-corrected chi connectivity index (χ4v) is 1.86. The molecule has 0 fully saturated rings. The van der Waals surface area contributed by atoms with E-state index in [0.29, 0.717) is 6.42 Å². The lowest BCUT2D eigenvalue weighted by atomic mass is 10.1. The maximum atomic E-state index is 11.2. The number of hydrogen-bond donors (Lipinski definition) is 1. The van der Waals surface area contributed by atoms with Crippen molar-refractivity contribution in [1.82, 2.24) is 4.98 Å². The highest BCUT2D eigenvalue weighted by Crippen LogP contribution is 2.22. The van der Waals surface area contributed by atoms with E-state index in [1.54, 1.807) is 0 Å². The van der Waals surface area contributed by atoms with Crippen molar-refractivity contribution < 1.29 is 9.53 Å². The third-order valence-corrected chi connectivity index (χ3v) is 2.95. The van der Waals surface area contributed by atoms with Crippen molar-refractivity contribution in [1.29, 1.82) is 0 Å². The first kappa shape index (κ1) is 10.7. The number of carbonyl (C=O) groups is 1. The molecule has 1 aromatic carbocycles. The highest BCUT2D eigenvalue weighted by atomic mass is 16.5. The minimum atomic E-state index is -0.204. The monoisotopic (exact) mass is 217 g/mol. The van der Waals surface area contributed by atoms with E-state index in [9.17, 15) is 4.79 Å². The number of fused-ring (bicyclic) bond motifs is 1. The Morgan fingerprint density at radius 2 is 2.12 bits per heavy atom. The molecule has 0 amide bonds. The average Bonchev–Trinajstić information content (AvgIpc) is 2.55. The van der Waals surface area contributed by atoms with Gasteiger partial charge in [0.1, 0.15) is 0 Å². The lowest BCUT2D eigenvalue weighted by Crippen LogP contribution is -2.04. The van der Waals surface area contributed by atoms with E-state index < -0.39 is 0 Å². The summed E-state index contributed by atoms with van der Waals surface area (Å²) in [5, 5.41) is 1.18. The molecule has 0 spiro atoms. The van der Waals surface area contributed by atoms with E-state index in [4.69, 9.17) is 0 Å². The fourth-order valence-electron chi connectivity index (χ4n) is 1.86. The second-order valence-electron chi connectivity index (χ2n) is 4.01. The standard InChI is InChI=1S/C13H15NO2/c1-8-9(2)14-12-5-4-10(6-11(8)12)7-13(15)16-3/h4-6,14H,7H2,1-3H3. The van der Waals surface area contributed by atoms with Crippen LogP contribution in [0.4, 0.5) is 0 Å². The Morgan fingerprint density at radius 3 is 2.81 bits per heavy atom. The van der Waals surface area contributed by atoms with Crippen LogP contribution in [0.5, 0.6) is 0 Å². The van der Waals surface area contributed by atoms with Crippen LogP contribution in [0.2, 0.25) is 0 Å². The van der Waals surface area contributed by atoms with Crippen molar-refractivity contribution in [3.8, 4) is 0 Å². The Hall–Kier alpha value is -1.77. The van der Waals surface area contributed by atoms with E-state index in [1.807, 2.05) is 18.2 Å². The van der Waals surface area contributed by atoms with Crippen LogP contribution in [-0.4, -0.2) is 18.1 Å². The normalized spacial score (nSPS) is 10.7. The van der Waals surface area contributed by atoms with Crippen molar-refractivity contribution >= 4 is 16.9 Å². The molecule has 1 aromatic heterocycles. The second kappa shape index (κ2) is 4.00. The van der Waals surface area contributed by atoms with Gasteiger partial charge in [-0.3, -0.25) is 4.79 Å². The number of esters is 1. The van der Waals surface area contributed by atoms with Gasteiger partial charge >= 0.3 is 5.97 Å². The molecule has 16 heavy (non-hydrogen) atoms. The molecule has 0 aliphatic carbocycles. The van der Waals surface area contributed by atoms with Crippen LogP contribution in [0.25, 0.3) is 10.9 Å². The zero-order chi connectivity index (χ0) is 11.7. The molecule has 0 aliphatic rings. The van der Waals surface area contributed by atoms with Gasteiger partial charge in [-0.2, -0.15) is 0 Å². The molecule has 0 unspecified atom stereocenters. The van der Waals surface area contributed by atoms with Crippen LogP contribution in [0, 0.1) is 13.8 Å². The number of rotatable bonds is 2. The molecule has 3 nitrogen and oxygen atoms in total. The molecule has 1 N–H and O–H groups in total. The van der Waals surface area contributed by atoms with Gasteiger partial charge in [0.05, 0.1) is 13.5 Å². The van der Waals surface area contributed by atoms with E-state index in [2.05, 4.69) is 23.6 Å². The number of aromatic nitrogens is 1. The summed E-state index contributed by atoms with van der Waals surface area (Å²) >= 11 is 0. The van der Waals surface area contributed by atoms with Crippen LogP contribution in [0.15, 0.2) is 18.2 Å². The van der Waals surface area contributed by atoms with Crippen molar-refractivity contribution in [2.24, 2.45) is 0 Å². The Morgan fingerprint density at radius 1 is 1.38 bits per heavy atom. The molecule has 2 rings (SSSR count). The predicted molar refractivity (Wildman–Crippen MR) is 63.5 cm³/mol. The van der Waals surface area contributed by atoms with Crippen LogP contribution < -0.4 is 0 Å². The first-order chi connectivity index (χ1) is 7.61. The third kappa shape index (κ3) is 1.81. The number of H-pyrrole nitrogens is 1. The lowest BCUT2D eigenvalue weighted by Gasteiger charge is -2.00. The second-order valence-corrected chi connectivity index (χ2v) is 4.01. The van der Waals surface area contributed by atoms with Crippen molar-refractivity contribution in [3.05, 3.63) is 35.0 Å². The minimum absolute atomic E-state index is 0.204. The van der Waals surface area contributed by atoms with Crippen LogP contribution in [0.1, 0.15) is 16.8 Å². The summed E-state index contributed by atoms with van der Waals surface area (Å²) in [6.07, 6.45) is 0.329. The maximum Gasteiger partial charge on any atom is 0.309 e. The number of hydrogen-bond acceptors (Lipinski definition) is 2. The third-order valence-electron chi connectivity index (χ3n) is 2.95. The van der Waals surface area contributed by atoms with Gasteiger partial charge < -0.3 is 9.72 Å². The molecule has 84 valence electrons. The summed E-state index contributed by atoms with van der Waals surface area (Å²) in [5.74, 6) is -0.204. The van der Waals surface area contributed by atoms with Crippen molar-refractivity contribution in [2.75, 3.05) is 7.11 Å². The summed E-state index contributed by atoms with van der Waals surface area (Å²) in [6, 6.07) is 6.01. The first-order valence-electron chi connectivity index (χ1n) is 5.26. The number of aryl methyl sites for hydroxylation is 2. The predicted octanol–water partition coefficient (Wildman–Crippen LogP) is 2.50. The van der Waals surface area contributed by atoms with Gasteiger partial charge in [-0.15, -0.1) is 0 Å². The van der Waals surface area contributed by atoms with E-state index in [1.165, 1.54) is 23.8 Å². The molecule has 0 aliphatic heterocycles. The molecule has 0 saturated carbocycles. The zero-order valence-corrected chi connectivity index (χ0v) is 9.76. The van der Waals surface area contributed by atoms with Crippen LogP contribution in [-0.2, 0) is 16.0 Å². The van der Waals surface area contributed by atoms with Gasteiger partial charge in [-0.25, -0.2) is 0 Å². The summed E-state index contributed by atoms with van der Waals surface area (Å²) < 4.78 is 4.65. The molecule has 0 radical (unpaired) electrons. The Labute approximate surface area is 94.4 Å². The topological polar surface area (TPSA) is 42.1 Å². The molecule has 0 saturated heterocycles. The van der Waals surface area contributed by atoms with Gasteiger partial charge in [0.15, 0.2) is 0 Å².